The fourth-order valence-electron chi connectivity index (χ4n) is 3.49. The first-order valence-corrected chi connectivity index (χ1v) is 10.3. The first-order valence-electron chi connectivity index (χ1n) is 10.3. The Morgan fingerprint density at radius 2 is 1.74 bits per heavy atom. The maximum Gasteiger partial charge on any atom is 0.331 e. The molecule has 0 amide bonds. The summed E-state index contributed by atoms with van der Waals surface area (Å²) in [6.45, 7) is 0.0659. The van der Waals surface area contributed by atoms with Crippen LogP contribution in [0.2, 0.25) is 0 Å². The van der Waals surface area contributed by atoms with Gasteiger partial charge in [0, 0.05) is 30.1 Å². The molecule has 0 spiro atoms. The zero-order valence-electron chi connectivity index (χ0n) is 17.6. The lowest BCUT2D eigenvalue weighted by Crippen LogP contribution is -2.28. The van der Waals surface area contributed by atoms with Crippen LogP contribution in [0.25, 0.3) is 6.08 Å². The summed E-state index contributed by atoms with van der Waals surface area (Å²) in [5.74, 6) is -0.296. The molecule has 7 nitrogen and oxygen atoms in total. The zero-order valence-corrected chi connectivity index (χ0v) is 17.6. The van der Waals surface area contributed by atoms with E-state index in [2.05, 4.69) is 0 Å². The van der Waals surface area contributed by atoms with Crippen LogP contribution in [0.3, 0.4) is 0 Å². The Morgan fingerprint density at radius 3 is 2.39 bits per heavy atom. The highest BCUT2D eigenvalue weighted by molar-refractivity contribution is 5.87. The number of nitrogen functional groups attached to an aromatic ring is 2. The van der Waals surface area contributed by atoms with Gasteiger partial charge in [0.25, 0.3) is 0 Å². The van der Waals surface area contributed by atoms with Crippen LogP contribution >= 0.6 is 0 Å². The molecule has 164 valence electrons. The quantitative estimate of drug-likeness (QED) is 0.301. The van der Waals surface area contributed by atoms with E-state index in [1.165, 1.54) is 6.08 Å². The van der Waals surface area contributed by atoms with Crippen molar-refractivity contribution in [3.05, 3.63) is 59.7 Å². The number of carbonyl (C=O) groups excluding carboxylic acids is 2. The predicted molar refractivity (Wildman–Crippen MR) is 119 cm³/mol. The van der Waals surface area contributed by atoms with Gasteiger partial charge in [-0.1, -0.05) is 18.2 Å². The number of ether oxygens (including phenoxy) is 3. The number of esters is 2. The summed E-state index contributed by atoms with van der Waals surface area (Å²) in [6, 6.07) is 12.0. The Labute approximate surface area is 182 Å². The van der Waals surface area contributed by atoms with Crippen LogP contribution < -0.4 is 16.2 Å². The molecule has 0 atom stereocenters. The smallest absolute Gasteiger partial charge is 0.331 e. The molecule has 0 radical (unpaired) electrons. The third-order valence-corrected chi connectivity index (χ3v) is 5.39. The molecule has 3 rings (SSSR count). The van der Waals surface area contributed by atoms with Crippen molar-refractivity contribution in [2.24, 2.45) is 5.92 Å². The van der Waals surface area contributed by atoms with Crippen molar-refractivity contribution in [3.63, 3.8) is 0 Å². The van der Waals surface area contributed by atoms with Gasteiger partial charge in [-0.3, -0.25) is 4.79 Å². The molecular formula is C24H28N2O5. The van der Waals surface area contributed by atoms with E-state index in [9.17, 15) is 9.59 Å². The highest BCUT2D eigenvalue weighted by Gasteiger charge is 2.27. The number of rotatable bonds is 7. The van der Waals surface area contributed by atoms with Crippen molar-refractivity contribution in [3.8, 4) is 5.75 Å². The van der Waals surface area contributed by atoms with E-state index in [1.807, 2.05) is 0 Å². The van der Waals surface area contributed by atoms with Gasteiger partial charge in [0.15, 0.2) is 0 Å². The van der Waals surface area contributed by atoms with Crippen LogP contribution in [-0.4, -0.2) is 25.2 Å². The van der Waals surface area contributed by atoms with Gasteiger partial charge in [-0.25, -0.2) is 4.79 Å². The number of methoxy groups -OCH3 is 1. The third-order valence-electron chi connectivity index (χ3n) is 5.39. The van der Waals surface area contributed by atoms with E-state index in [1.54, 1.807) is 55.7 Å². The maximum absolute atomic E-state index is 12.3. The Morgan fingerprint density at radius 1 is 1.03 bits per heavy atom. The minimum Gasteiger partial charge on any atom is -0.458 e. The van der Waals surface area contributed by atoms with E-state index < -0.39 is 5.97 Å². The van der Waals surface area contributed by atoms with Gasteiger partial charge in [-0.2, -0.15) is 0 Å². The van der Waals surface area contributed by atoms with Crippen molar-refractivity contribution >= 4 is 29.4 Å². The fourth-order valence-corrected chi connectivity index (χ4v) is 3.49. The summed E-state index contributed by atoms with van der Waals surface area (Å²) in [4.78, 5) is 24.3. The van der Waals surface area contributed by atoms with Gasteiger partial charge in [0.2, 0.25) is 0 Å². The fraction of sp³-hybridized carbons (Fsp3) is 0.333. The van der Waals surface area contributed by atoms with Crippen molar-refractivity contribution in [1.82, 2.24) is 0 Å². The van der Waals surface area contributed by atoms with E-state index in [4.69, 9.17) is 25.7 Å². The molecule has 2 aromatic rings. The summed E-state index contributed by atoms with van der Waals surface area (Å²) in [5.41, 5.74) is 14.0. The van der Waals surface area contributed by atoms with Crippen molar-refractivity contribution in [1.29, 1.82) is 0 Å². The highest BCUT2D eigenvalue weighted by Crippen LogP contribution is 2.27. The standard InChI is InChI=1S/C24H28N2O5/c1-29-20-11-6-17(7-12-20)24(28)31-21-9-2-16(3-10-21)4-13-23(27)30-15-18-5-8-19(25)14-22(18)26/h2-5,8-10,13-14,17,20H,6-7,11-12,15,25-26H2,1H3/b13-4+. The molecule has 7 heteroatoms. The van der Waals surface area contributed by atoms with Crippen LogP contribution in [0.5, 0.6) is 5.75 Å². The second-order valence-electron chi connectivity index (χ2n) is 7.60. The lowest BCUT2D eigenvalue weighted by Gasteiger charge is -2.26. The first kappa shape index (κ1) is 22.4. The number of hydrogen-bond acceptors (Lipinski definition) is 7. The molecule has 1 aliphatic rings. The number of nitrogens with two attached hydrogens (primary N) is 2. The topological polar surface area (TPSA) is 114 Å². The first-order chi connectivity index (χ1) is 14.9. The number of carbonyl (C=O) groups is 2. The summed E-state index contributed by atoms with van der Waals surface area (Å²) in [5, 5.41) is 0. The Balaban J connectivity index is 1.46. The van der Waals surface area contributed by atoms with Crippen molar-refractivity contribution in [2.45, 2.75) is 38.4 Å². The molecule has 0 heterocycles. The van der Waals surface area contributed by atoms with Gasteiger partial charge in [-0.05, 0) is 61.6 Å². The third kappa shape index (κ3) is 6.58. The predicted octanol–water partition coefficient (Wildman–Crippen LogP) is 3.72. The Kier molecular flexibility index (Phi) is 7.67. The summed E-state index contributed by atoms with van der Waals surface area (Å²) >= 11 is 0. The Hall–Kier alpha value is -3.32. The number of benzene rings is 2. The van der Waals surface area contributed by atoms with Gasteiger partial charge < -0.3 is 25.7 Å². The van der Waals surface area contributed by atoms with Gasteiger partial charge in [-0.15, -0.1) is 0 Å². The van der Waals surface area contributed by atoms with Gasteiger partial charge >= 0.3 is 11.9 Å². The van der Waals surface area contributed by atoms with Crippen molar-refractivity contribution < 1.29 is 23.8 Å². The average Bonchev–Trinajstić information content (AvgIpc) is 2.78. The van der Waals surface area contributed by atoms with Crippen LogP contribution in [0, 0.1) is 5.92 Å². The van der Waals surface area contributed by atoms with Gasteiger partial charge in [0.05, 0.1) is 12.0 Å². The lowest BCUT2D eigenvalue weighted by molar-refractivity contribution is -0.141. The summed E-state index contributed by atoms with van der Waals surface area (Å²) < 4.78 is 16.0. The molecule has 0 unspecified atom stereocenters. The molecule has 0 aromatic heterocycles. The van der Waals surface area contributed by atoms with Crippen molar-refractivity contribution in [2.75, 3.05) is 18.6 Å². The van der Waals surface area contributed by atoms with E-state index in [0.717, 1.165) is 31.2 Å². The maximum atomic E-state index is 12.3. The normalized spacial score (nSPS) is 18.6. The largest absolute Gasteiger partial charge is 0.458 e. The molecular weight excluding hydrogens is 396 g/mol. The molecule has 1 fully saturated rings. The summed E-state index contributed by atoms with van der Waals surface area (Å²) in [6.07, 6.45) is 6.52. The molecule has 0 saturated heterocycles. The molecule has 1 saturated carbocycles. The molecule has 4 N–H and O–H groups in total. The van der Waals surface area contributed by atoms with E-state index in [-0.39, 0.29) is 24.6 Å². The minimum atomic E-state index is -0.488. The number of anilines is 2. The monoisotopic (exact) mass is 424 g/mol. The highest BCUT2D eigenvalue weighted by atomic mass is 16.5. The Bertz CT molecular complexity index is 931. The molecule has 2 aromatic carbocycles. The van der Waals surface area contributed by atoms with Crippen LogP contribution in [0.15, 0.2) is 48.5 Å². The summed E-state index contributed by atoms with van der Waals surface area (Å²) in [7, 11) is 1.70. The molecule has 31 heavy (non-hydrogen) atoms. The minimum absolute atomic E-state index is 0.0659. The molecule has 0 aliphatic heterocycles. The van der Waals surface area contributed by atoms with Crippen LogP contribution in [0.4, 0.5) is 11.4 Å². The van der Waals surface area contributed by atoms with Crippen LogP contribution in [-0.2, 0) is 25.7 Å². The van der Waals surface area contributed by atoms with Crippen LogP contribution in [0.1, 0.15) is 36.8 Å². The second kappa shape index (κ2) is 10.6. The molecule has 1 aliphatic carbocycles. The second-order valence-corrected chi connectivity index (χ2v) is 7.60. The number of hydrogen-bond donors (Lipinski definition) is 2. The van der Waals surface area contributed by atoms with Gasteiger partial charge in [0.1, 0.15) is 12.4 Å². The van der Waals surface area contributed by atoms with E-state index in [0.29, 0.717) is 22.7 Å². The zero-order chi connectivity index (χ0) is 22.2. The van der Waals surface area contributed by atoms with E-state index >= 15 is 0 Å². The lowest BCUT2D eigenvalue weighted by atomic mass is 9.87. The molecule has 0 bridgehead atoms. The average molecular weight is 424 g/mol. The SMILES string of the molecule is COC1CCC(C(=O)Oc2ccc(/C=C/C(=O)OCc3ccc(N)cc3N)cc2)CC1.